The standard InChI is InChI=1S/C18H18N4O2S2/c1-26(23,24)18-19-9-14-10-22(7-5-17(14)21-18)11-15-3-2-4-16(20-15)13-6-8-25-12-13/h2-4,6,8-9,12H,5,7,10-11H2,1H3. The van der Waals surface area contributed by atoms with Gasteiger partial charge in [-0.2, -0.15) is 11.3 Å². The van der Waals surface area contributed by atoms with E-state index >= 15 is 0 Å². The second kappa shape index (κ2) is 6.86. The summed E-state index contributed by atoms with van der Waals surface area (Å²) in [5.41, 5.74) is 4.96. The van der Waals surface area contributed by atoms with E-state index in [0.29, 0.717) is 13.0 Å². The molecule has 3 aromatic heterocycles. The van der Waals surface area contributed by atoms with E-state index in [0.717, 1.165) is 47.6 Å². The average molecular weight is 387 g/mol. The molecule has 4 heterocycles. The topological polar surface area (TPSA) is 76.1 Å². The number of fused-ring (bicyclic) bond motifs is 1. The van der Waals surface area contributed by atoms with Gasteiger partial charge in [0.25, 0.3) is 0 Å². The summed E-state index contributed by atoms with van der Waals surface area (Å²) >= 11 is 1.66. The first-order valence-electron chi connectivity index (χ1n) is 8.25. The van der Waals surface area contributed by atoms with Gasteiger partial charge in [-0.15, -0.1) is 0 Å². The van der Waals surface area contributed by atoms with E-state index < -0.39 is 9.84 Å². The summed E-state index contributed by atoms with van der Waals surface area (Å²) in [4.78, 5) is 15.3. The van der Waals surface area contributed by atoms with Crippen LogP contribution in [0.15, 0.2) is 46.4 Å². The summed E-state index contributed by atoms with van der Waals surface area (Å²) in [6.45, 7) is 2.26. The fourth-order valence-corrected chi connectivity index (χ4v) is 4.21. The van der Waals surface area contributed by atoms with Gasteiger partial charge >= 0.3 is 0 Å². The van der Waals surface area contributed by atoms with Crippen LogP contribution in [0.2, 0.25) is 0 Å². The predicted octanol–water partition coefficient (Wildman–Crippen LogP) is 2.56. The molecule has 0 saturated carbocycles. The summed E-state index contributed by atoms with van der Waals surface area (Å²) in [6.07, 6.45) is 3.49. The molecule has 0 amide bonds. The monoisotopic (exact) mass is 386 g/mol. The van der Waals surface area contributed by atoms with E-state index in [1.54, 1.807) is 17.5 Å². The lowest BCUT2D eigenvalue weighted by Crippen LogP contribution is -2.31. The first-order chi connectivity index (χ1) is 12.5. The largest absolute Gasteiger partial charge is 0.293 e. The van der Waals surface area contributed by atoms with Gasteiger partial charge < -0.3 is 0 Å². The van der Waals surface area contributed by atoms with Gasteiger partial charge in [-0.05, 0) is 23.6 Å². The van der Waals surface area contributed by atoms with Crippen molar-refractivity contribution in [2.75, 3.05) is 12.8 Å². The summed E-state index contributed by atoms with van der Waals surface area (Å²) in [5, 5.41) is 4.06. The van der Waals surface area contributed by atoms with Crippen LogP contribution in [0.4, 0.5) is 0 Å². The third-order valence-electron chi connectivity index (χ3n) is 4.33. The molecule has 0 aliphatic carbocycles. The van der Waals surface area contributed by atoms with Gasteiger partial charge in [-0.1, -0.05) is 6.07 Å². The van der Waals surface area contributed by atoms with Crippen molar-refractivity contribution in [3.05, 3.63) is 58.2 Å². The third-order valence-corrected chi connectivity index (χ3v) is 5.88. The van der Waals surface area contributed by atoms with Crippen molar-refractivity contribution in [3.63, 3.8) is 0 Å². The normalized spacial score (nSPS) is 15.0. The van der Waals surface area contributed by atoms with Gasteiger partial charge in [0.2, 0.25) is 15.0 Å². The lowest BCUT2D eigenvalue weighted by Gasteiger charge is -2.27. The zero-order valence-corrected chi connectivity index (χ0v) is 15.9. The van der Waals surface area contributed by atoms with Crippen LogP contribution in [0.5, 0.6) is 0 Å². The van der Waals surface area contributed by atoms with Gasteiger partial charge in [0.05, 0.1) is 17.1 Å². The zero-order chi connectivity index (χ0) is 18.1. The Morgan fingerprint density at radius 3 is 2.88 bits per heavy atom. The zero-order valence-electron chi connectivity index (χ0n) is 14.3. The highest BCUT2D eigenvalue weighted by Gasteiger charge is 2.21. The molecule has 0 aromatic carbocycles. The fourth-order valence-electron chi connectivity index (χ4n) is 3.04. The van der Waals surface area contributed by atoms with Crippen LogP contribution in [0.3, 0.4) is 0 Å². The molecule has 6 nitrogen and oxygen atoms in total. The van der Waals surface area contributed by atoms with Gasteiger partial charge in [0, 0.05) is 55.0 Å². The summed E-state index contributed by atoms with van der Waals surface area (Å²) in [7, 11) is -3.37. The molecule has 3 aromatic rings. The quantitative estimate of drug-likeness (QED) is 0.642. The van der Waals surface area contributed by atoms with Gasteiger partial charge in [0.1, 0.15) is 0 Å². The molecule has 26 heavy (non-hydrogen) atoms. The molecule has 8 heteroatoms. The van der Waals surface area contributed by atoms with Crippen LogP contribution in [0.25, 0.3) is 11.3 Å². The van der Waals surface area contributed by atoms with Crippen LogP contribution in [0, 0.1) is 0 Å². The molecule has 0 saturated heterocycles. The molecule has 1 aliphatic rings. The molecular formula is C18H18N4O2S2. The molecule has 0 radical (unpaired) electrons. The Morgan fingerprint density at radius 1 is 1.23 bits per heavy atom. The first-order valence-corrected chi connectivity index (χ1v) is 11.1. The van der Waals surface area contributed by atoms with Crippen molar-refractivity contribution < 1.29 is 8.42 Å². The number of hydrogen-bond acceptors (Lipinski definition) is 7. The maximum absolute atomic E-state index is 11.6. The Labute approximate surface area is 156 Å². The Hall–Kier alpha value is -2.16. The third kappa shape index (κ3) is 3.67. The van der Waals surface area contributed by atoms with Crippen LogP contribution in [-0.2, 0) is 29.3 Å². The second-order valence-corrected chi connectivity index (χ2v) is 9.07. The molecule has 0 atom stereocenters. The molecule has 134 valence electrons. The lowest BCUT2D eigenvalue weighted by molar-refractivity contribution is 0.239. The maximum atomic E-state index is 11.6. The molecule has 0 bridgehead atoms. The van der Waals surface area contributed by atoms with Crippen LogP contribution < -0.4 is 0 Å². The first kappa shape index (κ1) is 17.3. The van der Waals surface area contributed by atoms with Crippen molar-refractivity contribution in [2.45, 2.75) is 24.7 Å². The van der Waals surface area contributed by atoms with E-state index in [4.69, 9.17) is 4.98 Å². The Bertz CT molecular complexity index is 1030. The second-order valence-electron chi connectivity index (χ2n) is 6.38. The van der Waals surface area contributed by atoms with Crippen LogP contribution in [0.1, 0.15) is 17.0 Å². The summed E-state index contributed by atoms with van der Waals surface area (Å²) < 4.78 is 23.2. The predicted molar refractivity (Wildman–Crippen MR) is 101 cm³/mol. The maximum Gasteiger partial charge on any atom is 0.246 e. The van der Waals surface area contributed by atoms with Crippen molar-refractivity contribution in [3.8, 4) is 11.3 Å². The minimum Gasteiger partial charge on any atom is -0.293 e. The van der Waals surface area contributed by atoms with E-state index in [9.17, 15) is 8.42 Å². The highest BCUT2D eigenvalue weighted by molar-refractivity contribution is 7.90. The molecule has 0 N–H and O–H groups in total. The highest BCUT2D eigenvalue weighted by Crippen LogP contribution is 2.22. The van der Waals surface area contributed by atoms with Gasteiger partial charge in [-0.3, -0.25) is 9.88 Å². The van der Waals surface area contributed by atoms with Crippen molar-refractivity contribution in [1.29, 1.82) is 0 Å². The van der Waals surface area contributed by atoms with Gasteiger partial charge in [0.15, 0.2) is 0 Å². The fraction of sp³-hybridized carbons (Fsp3) is 0.278. The van der Waals surface area contributed by atoms with Crippen molar-refractivity contribution >= 4 is 21.2 Å². The number of hydrogen-bond donors (Lipinski definition) is 0. The number of thiophene rings is 1. The van der Waals surface area contributed by atoms with Crippen molar-refractivity contribution in [1.82, 2.24) is 19.9 Å². The van der Waals surface area contributed by atoms with Gasteiger partial charge in [-0.25, -0.2) is 18.4 Å². The number of aromatic nitrogens is 3. The molecule has 4 rings (SSSR count). The number of pyridine rings is 1. The Morgan fingerprint density at radius 2 is 2.12 bits per heavy atom. The molecule has 0 unspecified atom stereocenters. The minimum atomic E-state index is -3.37. The number of sulfone groups is 1. The van der Waals surface area contributed by atoms with Crippen LogP contribution >= 0.6 is 11.3 Å². The average Bonchev–Trinajstić information content (AvgIpc) is 3.15. The number of nitrogens with zero attached hydrogens (tertiary/aromatic N) is 4. The van der Waals surface area contributed by atoms with Crippen LogP contribution in [-0.4, -0.2) is 41.1 Å². The summed E-state index contributed by atoms with van der Waals surface area (Å²) in [5.74, 6) is 0. The molecule has 0 fully saturated rings. The Kier molecular flexibility index (Phi) is 4.56. The smallest absolute Gasteiger partial charge is 0.246 e. The van der Waals surface area contributed by atoms with E-state index in [2.05, 4.69) is 31.7 Å². The highest BCUT2D eigenvalue weighted by atomic mass is 32.2. The van der Waals surface area contributed by atoms with E-state index in [1.165, 1.54) is 0 Å². The van der Waals surface area contributed by atoms with Crippen molar-refractivity contribution in [2.24, 2.45) is 0 Å². The molecule has 0 spiro atoms. The Balaban J connectivity index is 1.51. The summed E-state index contributed by atoms with van der Waals surface area (Å²) in [6, 6.07) is 8.17. The van der Waals surface area contributed by atoms with E-state index in [-0.39, 0.29) is 5.16 Å². The SMILES string of the molecule is CS(=O)(=O)c1ncc2c(n1)CCN(Cc1cccc(-c3ccsc3)n1)C2. The molecular weight excluding hydrogens is 368 g/mol. The lowest BCUT2D eigenvalue weighted by atomic mass is 10.1. The van der Waals surface area contributed by atoms with E-state index in [1.807, 2.05) is 18.2 Å². The minimum absolute atomic E-state index is 0.0881. The number of rotatable bonds is 4. The molecule has 1 aliphatic heterocycles.